The Balaban J connectivity index is 1.51. The monoisotopic (exact) mass is 450 g/mol. The number of rotatable bonds is 5. The molecule has 1 fully saturated rings. The fraction of sp³-hybridized carbons (Fsp3) is 0.240. The molecule has 1 aliphatic heterocycles. The molecule has 6 nitrogen and oxygen atoms in total. The van der Waals surface area contributed by atoms with Crippen LogP contribution in [0.3, 0.4) is 0 Å². The molecule has 0 unspecified atom stereocenters. The Morgan fingerprint density at radius 1 is 0.906 bits per heavy atom. The highest BCUT2D eigenvalue weighted by Crippen LogP contribution is 2.27. The van der Waals surface area contributed by atoms with E-state index in [-0.39, 0.29) is 23.0 Å². The maximum Gasteiger partial charge on any atom is 0.264 e. The molecule has 32 heavy (non-hydrogen) atoms. The van der Waals surface area contributed by atoms with Crippen molar-refractivity contribution in [3.8, 4) is 0 Å². The summed E-state index contributed by atoms with van der Waals surface area (Å²) in [5.74, 6) is -0.138. The Kier molecular flexibility index (Phi) is 6.30. The summed E-state index contributed by atoms with van der Waals surface area (Å²) in [6, 6.07) is 24.8. The number of ether oxygens (including phenoxy) is 1. The lowest BCUT2D eigenvalue weighted by Crippen LogP contribution is -2.46. The second kappa shape index (κ2) is 9.14. The number of morpholine rings is 1. The van der Waals surface area contributed by atoms with Crippen molar-refractivity contribution >= 4 is 21.6 Å². The molecule has 0 N–H and O–H groups in total. The van der Waals surface area contributed by atoms with Crippen molar-refractivity contribution in [1.82, 2.24) is 4.90 Å². The average molecular weight is 451 g/mol. The van der Waals surface area contributed by atoms with Crippen LogP contribution in [0.25, 0.3) is 0 Å². The van der Waals surface area contributed by atoms with Crippen molar-refractivity contribution in [2.75, 3.05) is 24.4 Å². The van der Waals surface area contributed by atoms with Crippen molar-refractivity contribution in [1.29, 1.82) is 0 Å². The lowest BCUT2D eigenvalue weighted by atomic mass is 10.1. The van der Waals surface area contributed by atoms with Gasteiger partial charge in [-0.25, -0.2) is 8.42 Å². The summed E-state index contributed by atoms with van der Waals surface area (Å²) in [6.45, 7) is 2.88. The van der Waals surface area contributed by atoms with Gasteiger partial charge >= 0.3 is 0 Å². The number of nitrogens with zero attached hydrogens (tertiary/aromatic N) is 2. The minimum atomic E-state index is -3.72. The van der Waals surface area contributed by atoms with Gasteiger partial charge in [-0.15, -0.1) is 0 Å². The maximum atomic E-state index is 13.1. The quantitative estimate of drug-likeness (QED) is 0.587. The van der Waals surface area contributed by atoms with E-state index in [9.17, 15) is 13.2 Å². The van der Waals surface area contributed by atoms with Crippen LogP contribution in [0.2, 0.25) is 0 Å². The highest BCUT2D eigenvalue weighted by atomic mass is 32.2. The molecule has 3 aromatic carbocycles. The molecule has 0 bridgehead atoms. The number of hydrogen-bond donors (Lipinski definition) is 0. The molecule has 0 saturated carbocycles. The van der Waals surface area contributed by atoms with Crippen LogP contribution in [0.5, 0.6) is 0 Å². The number of amides is 1. The van der Waals surface area contributed by atoms with Crippen molar-refractivity contribution in [2.45, 2.75) is 24.0 Å². The first-order valence-electron chi connectivity index (χ1n) is 10.5. The molecule has 1 heterocycles. The molecule has 0 radical (unpaired) electrons. The van der Waals surface area contributed by atoms with Gasteiger partial charge in [0.25, 0.3) is 15.9 Å². The number of anilines is 1. The van der Waals surface area contributed by atoms with Gasteiger partial charge in [-0.2, -0.15) is 0 Å². The highest BCUT2D eigenvalue weighted by Gasteiger charge is 2.30. The molecular weight excluding hydrogens is 424 g/mol. The van der Waals surface area contributed by atoms with Crippen molar-refractivity contribution in [2.24, 2.45) is 0 Å². The Bertz CT molecular complexity index is 1170. The highest BCUT2D eigenvalue weighted by molar-refractivity contribution is 7.92. The van der Waals surface area contributed by atoms with E-state index in [2.05, 4.69) is 0 Å². The fourth-order valence-electron chi connectivity index (χ4n) is 3.86. The van der Waals surface area contributed by atoms with Crippen molar-refractivity contribution in [3.63, 3.8) is 0 Å². The molecular formula is C25H26N2O4S. The minimum Gasteiger partial charge on any atom is -0.367 e. The van der Waals surface area contributed by atoms with Crippen LogP contribution < -0.4 is 4.31 Å². The average Bonchev–Trinajstić information content (AvgIpc) is 2.84. The van der Waals surface area contributed by atoms with E-state index < -0.39 is 10.0 Å². The van der Waals surface area contributed by atoms with Gasteiger partial charge in [0, 0.05) is 19.2 Å². The Morgan fingerprint density at radius 3 is 2.12 bits per heavy atom. The Morgan fingerprint density at radius 2 is 1.50 bits per heavy atom. The fourth-order valence-corrected chi connectivity index (χ4v) is 5.05. The van der Waals surface area contributed by atoms with Gasteiger partial charge in [0.1, 0.15) is 6.10 Å². The number of carbonyl (C=O) groups excluding carboxylic acids is 1. The lowest BCUT2D eigenvalue weighted by Gasteiger charge is -2.37. The van der Waals surface area contributed by atoms with Crippen LogP contribution >= 0.6 is 0 Å². The predicted octanol–water partition coefficient (Wildman–Crippen LogP) is 4.11. The number of benzene rings is 3. The topological polar surface area (TPSA) is 66.9 Å². The number of sulfonamides is 1. The molecule has 7 heteroatoms. The first-order chi connectivity index (χ1) is 15.4. The third-order valence-corrected chi connectivity index (χ3v) is 7.40. The van der Waals surface area contributed by atoms with E-state index in [0.29, 0.717) is 24.3 Å². The Hall–Kier alpha value is -3.16. The van der Waals surface area contributed by atoms with Gasteiger partial charge in [0.05, 0.1) is 23.2 Å². The number of carbonyl (C=O) groups is 1. The normalized spacial score (nSPS) is 18.9. The van der Waals surface area contributed by atoms with Crippen LogP contribution in [0.15, 0.2) is 89.8 Å². The van der Waals surface area contributed by atoms with Gasteiger partial charge < -0.3 is 9.64 Å². The summed E-state index contributed by atoms with van der Waals surface area (Å²) in [5, 5.41) is 0. The summed E-state index contributed by atoms with van der Waals surface area (Å²) in [6.07, 6.45) is -0.292. The zero-order valence-electron chi connectivity index (χ0n) is 18.1. The lowest BCUT2D eigenvalue weighted by molar-refractivity contribution is -0.0691. The van der Waals surface area contributed by atoms with E-state index in [1.54, 1.807) is 41.3 Å². The van der Waals surface area contributed by atoms with Gasteiger partial charge in [0.2, 0.25) is 0 Å². The summed E-state index contributed by atoms with van der Waals surface area (Å²) in [7, 11) is -2.21. The summed E-state index contributed by atoms with van der Waals surface area (Å²) in [4.78, 5) is 15.1. The van der Waals surface area contributed by atoms with E-state index in [0.717, 1.165) is 5.56 Å². The molecule has 3 aromatic rings. The van der Waals surface area contributed by atoms with Crippen molar-refractivity contribution in [3.05, 3.63) is 96.1 Å². The maximum absolute atomic E-state index is 13.1. The summed E-state index contributed by atoms with van der Waals surface area (Å²) < 4.78 is 33.2. The van der Waals surface area contributed by atoms with E-state index >= 15 is 0 Å². The molecule has 1 aliphatic rings. The second-order valence-electron chi connectivity index (χ2n) is 7.89. The Labute approximate surface area is 189 Å². The van der Waals surface area contributed by atoms with Crippen LogP contribution in [-0.2, 0) is 14.8 Å². The van der Waals surface area contributed by atoms with Crippen LogP contribution in [-0.4, -0.2) is 45.5 Å². The summed E-state index contributed by atoms with van der Waals surface area (Å²) >= 11 is 0. The molecule has 166 valence electrons. The first kappa shape index (κ1) is 22.0. The first-order valence-corrected chi connectivity index (χ1v) is 11.9. The van der Waals surface area contributed by atoms with Crippen LogP contribution in [0, 0.1) is 0 Å². The molecule has 4 rings (SSSR count). The van der Waals surface area contributed by atoms with Gasteiger partial charge in [0.15, 0.2) is 0 Å². The van der Waals surface area contributed by atoms with Crippen LogP contribution in [0.4, 0.5) is 5.69 Å². The minimum absolute atomic E-state index is 0.0999. The zero-order chi connectivity index (χ0) is 22.7. The van der Waals surface area contributed by atoms with Gasteiger partial charge in [-0.05, 0) is 48.9 Å². The molecule has 0 aliphatic carbocycles. The molecule has 2 atom stereocenters. The smallest absolute Gasteiger partial charge is 0.264 e. The summed E-state index contributed by atoms with van der Waals surface area (Å²) in [5.41, 5.74) is 2.05. The predicted molar refractivity (Wildman–Crippen MR) is 124 cm³/mol. The van der Waals surface area contributed by atoms with Gasteiger partial charge in [-0.1, -0.05) is 48.5 Å². The second-order valence-corrected chi connectivity index (χ2v) is 9.86. The van der Waals surface area contributed by atoms with E-state index in [1.165, 1.54) is 23.5 Å². The molecule has 0 spiro atoms. The zero-order valence-corrected chi connectivity index (χ0v) is 18.9. The molecule has 1 saturated heterocycles. The van der Waals surface area contributed by atoms with E-state index in [1.807, 2.05) is 43.3 Å². The third-order valence-electron chi connectivity index (χ3n) is 5.60. The van der Waals surface area contributed by atoms with E-state index in [4.69, 9.17) is 4.74 Å². The third kappa shape index (κ3) is 4.54. The number of para-hydroxylation sites is 1. The van der Waals surface area contributed by atoms with Crippen molar-refractivity contribution < 1.29 is 17.9 Å². The number of hydrogen-bond acceptors (Lipinski definition) is 4. The van der Waals surface area contributed by atoms with Crippen LogP contribution in [0.1, 0.15) is 28.9 Å². The molecule has 0 aromatic heterocycles. The standard InChI is InChI=1S/C25H26N2O4S/c1-19-17-27(18-24(31-19)20-9-5-3-6-10-20)25(28)21-13-15-23(16-14-21)32(29,30)26(2)22-11-7-4-8-12-22/h3-16,19,24H,17-18H2,1-2H3/t19-,24+/m0/s1. The largest absolute Gasteiger partial charge is 0.367 e. The molecule has 1 amide bonds. The SMILES string of the molecule is C[C@H]1CN(C(=O)c2ccc(S(=O)(=O)N(C)c3ccccc3)cc2)C[C@H](c2ccccc2)O1. The van der Waals surface area contributed by atoms with Gasteiger partial charge in [-0.3, -0.25) is 9.10 Å².